The van der Waals surface area contributed by atoms with Gasteiger partial charge in [-0.25, -0.2) is 4.39 Å². The van der Waals surface area contributed by atoms with Crippen molar-refractivity contribution < 1.29 is 4.39 Å². The average Bonchev–Trinajstić information content (AvgIpc) is 2.16. The molecule has 14 heavy (non-hydrogen) atoms. The number of halogens is 1. The summed E-state index contributed by atoms with van der Waals surface area (Å²) in [6.45, 7) is 8.60. The van der Waals surface area contributed by atoms with Gasteiger partial charge in [0.25, 0.3) is 0 Å². The summed E-state index contributed by atoms with van der Waals surface area (Å²) in [6.07, 6.45) is 5.92. The maximum absolute atomic E-state index is 13.3. The lowest BCUT2D eigenvalue weighted by atomic mass is 9.85. The number of rotatable bonds is 8. The number of unbranched alkanes of at least 4 members (excludes halogenated alkanes) is 2. The zero-order valence-electron chi connectivity index (χ0n) is 10.4. The molecule has 0 amide bonds. The van der Waals surface area contributed by atoms with E-state index in [-0.39, 0.29) is 0 Å². The van der Waals surface area contributed by atoms with Crippen molar-refractivity contribution in [1.82, 2.24) is 0 Å². The molecule has 0 radical (unpaired) electrons. The molecule has 0 spiro atoms. The van der Waals surface area contributed by atoms with Crippen molar-refractivity contribution in [3.05, 3.63) is 0 Å². The Bertz CT molecular complexity index is 120. The summed E-state index contributed by atoms with van der Waals surface area (Å²) in [5, 5.41) is 0. The normalized spacial score (nSPS) is 15.9. The van der Waals surface area contributed by atoms with E-state index in [0.29, 0.717) is 18.3 Å². The molecule has 0 rings (SSSR count). The summed E-state index contributed by atoms with van der Waals surface area (Å²) >= 11 is 0. The van der Waals surface area contributed by atoms with Crippen LogP contribution < -0.4 is 0 Å². The molecule has 0 nitrogen and oxygen atoms in total. The van der Waals surface area contributed by atoms with Crippen LogP contribution in [0.25, 0.3) is 0 Å². The molecule has 0 N–H and O–H groups in total. The van der Waals surface area contributed by atoms with E-state index in [4.69, 9.17) is 0 Å². The molecule has 2 unspecified atom stereocenters. The highest BCUT2D eigenvalue weighted by atomic mass is 19.1. The number of hydrogen-bond acceptors (Lipinski definition) is 0. The van der Waals surface area contributed by atoms with Crippen LogP contribution in [-0.2, 0) is 0 Å². The minimum atomic E-state index is -0.580. The van der Waals surface area contributed by atoms with Gasteiger partial charge >= 0.3 is 0 Å². The first-order valence-electron chi connectivity index (χ1n) is 6.25. The maximum Gasteiger partial charge on any atom is 0.100 e. The molecule has 0 saturated heterocycles. The van der Waals surface area contributed by atoms with E-state index in [1.807, 2.05) is 6.92 Å². The van der Waals surface area contributed by atoms with Crippen molar-refractivity contribution in [2.75, 3.05) is 0 Å². The van der Waals surface area contributed by atoms with Crippen molar-refractivity contribution in [3.8, 4) is 0 Å². The van der Waals surface area contributed by atoms with Gasteiger partial charge < -0.3 is 0 Å². The third-order valence-electron chi connectivity index (χ3n) is 3.12. The van der Waals surface area contributed by atoms with Gasteiger partial charge in [0, 0.05) is 0 Å². The monoisotopic (exact) mass is 202 g/mol. The van der Waals surface area contributed by atoms with Gasteiger partial charge in [-0.05, 0) is 24.7 Å². The van der Waals surface area contributed by atoms with Gasteiger partial charge in [0.1, 0.15) is 6.17 Å². The van der Waals surface area contributed by atoms with E-state index < -0.39 is 6.17 Å². The van der Waals surface area contributed by atoms with Gasteiger partial charge in [0.2, 0.25) is 0 Å². The number of alkyl halides is 1. The molecule has 0 aromatic carbocycles. The van der Waals surface area contributed by atoms with Crippen LogP contribution in [0.2, 0.25) is 0 Å². The Morgan fingerprint density at radius 3 is 2.14 bits per heavy atom. The number of hydrogen-bond donors (Lipinski definition) is 0. The second-order valence-corrected chi connectivity index (χ2v) is 4.74. The van der Waals surface area contributed by atoms with Gasteiger partial charge in [-0.15, -0.1) is 0 Å². The summed E-state index contributed by atoms with van der Waals surface area (Å²) < 4.78 is 13.3. The first-order chi connectivity index (χ1) is 6.61. The summed E-state index contributed by atoms with van der Waals surface area (Å²) in [7, 11) is 0. The van der Waals surface area contributed by atoms with Gasteiger partial charge in [-0.2, -0.15) is 0 Å². The quantitative estimate of drug-likeness (QED) is 0.487. The van der Waals surface area contributed by atoms with E-state index in [9.17, 15) is 4.39 Å². The summed E-state index contributed by atoms with van der Waals surface area (Å²) in [5.74, 6) is 1.23. The van der Waals surface area contributed by atoms with E-state index in [1.54, 1.807) is 0 Å². The van der Waals surface area contributed by atoms with Crippen molar-refractivity contribution in [3.63, 3.8) is 0 Å². The molecule has 1 heteroatoms. The third kappa shape index (κ3) is 6.39. The standard InChI is InChI=1S/C13H27F/c1-5-7-8-9-12(11(3)4)10-13(14)6-2/h11-13H,5-10H2,1-4H3. The van der Waals surface area contributed by atoms with E-state index in [0.717, 1.165) is 6.42 Å². The fraction of sp³-hybridized carbons (Fsp3) is 1.00. The smallest absolute Gasteiger partial charge is 0.100 e. The highest BCUT2D eigenvalue weighted by Gasteiger charge is 2.17. The van der Waals surface area contributed by atoms with Crippen LogP contribution >= 0.6 is 0 Å². The molecule has 2 atom stereocenters. The molecule has 0 fully saturated rings. The lowest BCUT2D eigenvalue weighted by Gasteiger charge is -2.22. The van der Waals surface area contributed by atoms with Gasteiger partial charge in [0.15, 0.2) is 0 Å². The topological polar surface area (TPSA) is 0 Å². The lowest BCUT2D eigenvalue weighted by Crippen LogP contribution is -2.14. The molecule has 0 saturated carbocycles. The largest absolute Gasteiger partial charge is 0.247 e. The fourth-order valence-electron chi connectivity index (χ4n) is 1.88. The molecule has 0 bridgehead atoms. The SMILES string of the molecule is CCCCCC(CC(F)CC)C(C)C. The van der Waals surface area contributed by atoms with Crippen LogP contribution in [0.4, 0.5) is 4.39 Å². The van der Waals surface area contributed by atoms with Crippen molar-refractivity contribution in [2.24, 2.45) is 11.8 Å². The van der Waals surface area contributed by atoms with E-state index in [1.165, 1.54) is 25.7 Å². The Morgan fingerprint density at radius 1 is 1.07 bits per heavy atom. The minimum absolute atomic E-state index is 0.580. The van der Waals surface area contributed by atoms with Crippen LogP contribution in [0.1, 0.15) is 66.2 Å². The Hall–Kier alpha value is -0.0700. The molecule has 0 heterocycles. The van der Waals surface area contributed by atoms with Crippen LogP contribution in [-0.4, -0.2) is 6.17 Å². The zero-order chi connectivity index (χ0) is 11.0. The van der Waals surface area contributed by atoms with Crippen LogP contribution in [0.15, 0.2) is 0 Å². The lowest BCUT2D eigenvalue weighted by molar-refractivity contribution is 0.215. The van der Waals surface area contributed by atoms with E-state index in [2.05, 4.69) is 20.8 Å². The Labute approximate surface area is 89.3 Å². The van der Waals surface area contributed by atoms with Gasteiger partial charge in [0.05, 0.1) is 0 Å². The zero-order valence-corrected chi connectivity index (χ0v) is 10.4. The molecular formula is C13H27F. The first-order valence-corrected chi connectivity index (χ1v) is 6.25. The van der Waals surface area contributed by atoms with Gasteiger partial charge in [-0.1, -0.05) is 53.4 Å². The average molecular weight is 202 g/mol. The van der Waals surface area contributed by atoms with Crippen LogP contribution in [0, 0.1) is 11.8 Å². The van der Waals surface area contributed by atoms with Crippen LogP contribution in [0.3, 0.4) is 0 Å². The second-order valence-electron chi connectivity index (χ2n) is 4.74. The van der Waals surface area contributed by atoms with Gasteiger partial charge in [-0.3, -0.25) is 0 Å². The molecule has 0 aliphatic carbocycles. The van der Waals surface area contributed by atoms with Crippen LogP contribution in [0.5, 0.6) is 0 Å². The highest BCUT2D eigenvalue weighted by molar-refractivity contribution is 4.68. The first kappa shape index (κ1) is 13.9. The third-order valence-corrected chi connectivity index (χ3v) is 3.12. The molecule has 86 valence electrons. The van der Waals surface area contributed by atoms with Crippen molar-refractivity contribution >= 4 is 0 Å². The predicted octanol–water partition coefficient (Wildman–Crippen LogP) is 4.98. The molecular weight excluding hydrogens is 175 g/mol. The second kappa shape index (κ2) is 8.26. The summed E-state index contributed by atoms with van der Waals surface area (Å²) in [4.78, 5) is 0. The van der Waals surface area contributed by atoms with E-state index >= 15 is 0 Å². The van der Waals surface area contributed by atoms with Crippen molar-refractivity contribution in [2.45, 2.75) is 72.4 Å². The predicted molar refractivity (Wildman–Crippen MR) is 62.3 cm³/mol. The molecule has 0 aliphatic rings. The molecule has 0 aliphatic heterocycles. The molecule has 0 aromatic heterocycles. The Balaban J connectivity index is 3.77. The fourth-order valence-corrected chi connectivity index (χ4v) is 1.88. The Morgan fingerprint density at radius 2 is 1.71 bits per heavy atom. The summed E-state index contributed by atoms with van der Waals surface area (Å²) in [6, 6.07) is 0. The van der Waals surface area contributed by atoms with Crippen molar-refractivity contribution in [1.29, 1.82) is 0 Å². The Kier molecular flexibility index (Phi) is 8.21. The summed E-state index contributed by atoms with van der Waals surface area (Å²) in [5.41, 5.74) is 0. The molecule has 0 aromatic rings. The highest BCUT2D eigenvalue weighted by Crippen LogP contribution is 2.25. The maximum atomic E-state index is 13.3. The minimum Gasteiger partial charge on any atom is -0.247 e.